The van der Waals surface area contributed by atoms with Gasteiger partial charge in [0.25, 0.3) is 0 Å². The first kappa shape index (κ1) is 15.2. The molecule has 2 aromatic heterocycles. The van der Waals surface area contributed by atoms with Crippen molar-refractivity contribution in [2.45, 2.75) is 24.5 Å². The molecule has 9 nitrogen and oxygen atoms in total. The molecule has 20 heavy (non-hydrogen) atoms. The molecule has 1 fully saturated rings. The van der Waals surface area contributed by atoms with Crippen molar-refractivity contribution in [2.75, 3.05) is 6.61 Å². The van der Waals surface area contributed by atoms with Crippen LogP contribution in [0.5, 0.6) is 5.88 Å². The van der Waals surface area contributed by atoms with E-state index in [1.54, 1.807) is 0 Å². The van der Waals surface area contributed by atoms with Gasteiger partial charge in [-0.3, -0.25) is 9.55 Å². The van der Waals surface area contributed by atoms with Crippen LogP contribution >= 0.6 is 0 Å². The Balaban J connectivity index is 0.00000147. The van der Waals surface area contributed by atoms with Gasteiger partial charge in [-0.1, -0.05) is 0 Å². The minimum atomic E-state index is -1.25. The van der Waals surface area contributed by atoms with Crippen molar-refractivity contribution in [1.29, 1.82) is 0 Å². The van der Waals surface area contributed by atoms with Gasteiger partial charge in [0.2, 0.25) is 0 Å². The number of nitrogens with zero attached hydrogens (tertiary/aromatic N) is 4. The number of imidazole rings is 1. The molecule has 0 aliphatic carbocycles. The monoisotopic (exact) mass is 274 g/mol. The molecular formula is C10H11LiN4O5. The SMILES string of the molecule is [Li+].[O-]c1ncnc2c1ncn2[C@@H]1O[C@H](CO)[C@@H](O)[C@H]1O. The summed E-state index contributed by atoms with van der Waals surface area (Å²) in [7, 11) is 0. The summed E-state index contributed by atoms with van der Waals surface area (Å²) in [6.45, 7) is -0.427. The van der Waals surface area contributed by atoms with Gasteiger partial charge < -0.3 is 25.2 Å². The largest absolute Gasteiger partial charge is 1.00 e. The molecule has 0 aromatic carbocycles. The van der Waals surface area contributed by atoms with Crippen molar-refractivity contribution < 1.29 is 44.0 Å². The molecule has 1 saturated heterocycles. The molecule has 3 heterocycles. The van der Waals surface area contributed by atoms with Gasteiger partial charge in [0, 0.05) is 5.88 Å². The molecular weight excluding hydrogens is 263 g/mol. The van der Waals surface area contributed by atoms with E-state index in [2.05, 4.69) is 15.0 Å². The number of aliphatic hydroxyl groups excluding tert-OH is 3. The standard InChI is InChI=1S/C10H12N4O5.Li/c15-1-4-6(16)7(17)10(19-4)14-3-13-5-8(14)11-2-12-9(5)18;/h2-4,6-7,10,15-17H,1H2,(H,11,12,18);/q;+1/p-1/t4-,6-,7-,10-;/m1./s1. The van der Waals surface area contributed by atoms with E-state index in [0.29, 0.717) is 0 Å². The van der Waals surface area contributed by atoms with E-state index in [1.165, 1.54) is 10.9 Å². The Morgan fingerprint density at radius 1 is 1.25 bits per heavy atom. The van der Waals surface area contributed by atoms with Gasteiger partial charge in [0.1, 0.15) is 30.2 Å². The zero-order chi connectivity index (χ0) is 13.6. The summed E-state index contributed by atoms with van der Waals surface area (Å²) in [5.74, 6) is -0.532. The van der Waals surface area contributed by atoms with Crippen molar-refractivity contribution in [2.24, 2.45) is 0 Å². The average Bonchev–Trinajstić information content (AvgIpc) is 2.94. The summed E-state index contributed by atoms with van der Waals surface area (Å²) >= 11 is 0. The first-order valence-corrected chi connectivity index (χ1v) is 5.60. The van der Waals surface area contributed by atoms with Crippen LogP contribution in [0.4, 0.5) is 0 Å². The molecule has 0 unspecified atom stereocenters. The Labute approximate surface area is 125 Å². The molecule has 10 heteroatoms. The third-order valence-electron chi connectivity index (χ3n) is 3.12. The minimum Gasteiger partial charge on any atom is -0.857 e. The van der Waals surface area contributed by atoms with Crippen molar-refractivity contribution in [3.8, 4) is 5.88 Å². The summed E-state index contributed by atoms with van der Waals surface area (Å²) in [5, 5.41) is 40.1. The average molecular weight is 274 g/mol. The first-order chi connectivity index (χ1) is 9.13. The van der Waals surface area contributed by atoms with Crippen LogP contribution in [0.25, 0.3) is 11.2 Å². The maximum absolute atomic E-state index is 11.5. The van der Waals surface area contributed by atoms with Crippen LogP contribution in [0, 0.1) is 0 Å². The molecule has 0 radical (unpaired) electrons. The predicted octanol–water partition coefficient (Wildman–Crippen LogP) is -5.48. The summed E-state index contributed by atoms with van der Waals surface area (Å²) in [6, 6.07) is 0. The van der Waals surface area contributed by atoms with Crippen LogP contribution < -0.4 is 24.0 Å². The number of hydrogen-bond donors (Lipinski definition) is 3. The van der Waals surface area contributed by atoms with Gasteiger partial charge >= 0.3 is 18.9 Å². The number of aromatic nitrogens is 4. The summed E-state index contributed by atoms with van der Waals surface area (Å²) < 4.78 is 6.67. The Morgan fingerprint density at radius 2 is 2.00 bits per heavy atom. The Bertz CT molecular complexity index is 608. The summed E-state index contributed by atoms with van der Waals surface area (Å²) in [5.41, 5.74) is 0.259. The van der Waals surface area contributed by atoms with Gasteiger partial charge in [0.05, 0.1) is 12.9 Å². The van der Waals surface area contributed by atoms with Gasteiger partial charge in [0.15, 0.2) is 11.9 Å². The molecule has 0 bridgehead atoms. The molecule has 1 aliphatic heterocycles. The fraction of sp³-hybridized carbons (Fsp3) is 0.500. The normalized spacial score (nSPS) is 29.6. The van der Waals surface area contributed by atoms with Gasteiger partial charge in [-0.05, 0) is 0 Å². The van der Waals surface area contributed by atoms with Crippen molar-refractivity contribution in [1.82, 2.24) is 19.5 Å². The fourth-order valence-corrected chi connectivity index (χ4v) is 2.13. The Morgan fingerprint density at radius 3 is 2.65 bits per heavy atom. The third-order valence-corrected chi connectivity index (χ3v) is 3.12. The summed E-state index contributed by atoms with van der Waals surface area (Å²) in [6.07, 6.45) is -1.97. The molecule has 3 rings (SSSR count). The first-order valence-electron chi connectivity index (χ1n) is 5.60. The van der Waals surface area contributed by atoms with Crippen molar-refractivity contribution in [3.63, 3.8) is 0 Å². The van der Waals surface area contributed by atoms with Crippen molar-refractivity contribution >= 4 is 11.2 Å². The van der Waals surface area contributed by atoms with Crippen LogP contribution in [0.3, 0.4) is 0 Å². The number of fused-ring (bicyclic) bond motifs is 1. The van der Waals surface area contributed by atoms with Gasteiger partial charge in [-0.15, -0.1) is 0 Å². The second-order valence-electron chi connectivity index (χ2n) is 4.23. The maximum Gasteiger partial charge on any atom is 1.00 e. The second kappa shape index (κ2) is 5.65. The van der Waals surface area contributed by atoms with E-state index in [-0.39, 0.29) is 30.0 Å². The molecule has 0 saturated carbocycles. The third kappa shape index (κ3) is 2.18. The zero-order valence-electron chi connectivity index (χ0n) is 10.6. The zero-order valence-corrected chi connectivity index (χ0v) is 10.6. The number of rotatable bonds is 2. The fourth-order valence-electron chi connectivity index (χ4n) is 2.13. The molecule has 4 atom stereocenters. The quantitative estimate of drug-likeness (QED) is 0.461. The number of hydrogen-bond acceptors (Lipinski definition) is 8. The van der Waals surface area contributed by atoms with E-state index in [4.69, 9.17) is 9.84 Å². The van der Waals surface area contributed by atoms with Crippen LogP contribution in [0.15, 0.2) is 12.7 Å². The molecule has 1 aliphatic rings. The second-order valence-corrected chi connectivity index (χ2v) is 4.23. The molecule has 3 N–H and O–H groups in total. The minimum absolute atomic E-state index is 0. The molecule has 0 spiro atoms. The topological polar surface area (TPSA) is 137 Å². The predicted molar refractivity (Wildman–Crippen MR) is 57.8 cm³/mol. The van der Waals surface area contributed by atoms with Crippen LogP contribution in [-0.2, 0) is 4.74 Å². The van der Waals surface area contributed by atoms with Crippen LogP contribution in [0.2, 0.25) is 0 Å². The van der Waals surface area contributed by atoms with Crippen LogP contribution in [0.1, 0.15) is 6.23 Å². The van der Waals surface area contributed by atoms with E-state index >= 15 is 0 Å². The summed E-state index contributed by atoms with van der Waals surface area (Å²) in [4.78, 5) is 11.3. The van der Waals surface area contributed by atoms with E-state index in [1.807, 2.05) is 0 Å². The maximum atomic E-state index is 11.5. The van der Waals surface area contributed by atoms with Crippen LogP contribution in [-0.4, -0.2) is 59.8 Å². The van der Waals surface area contributed by atoms with Gasteiger partial charge in [-0.25, -0.2) is 9.97 Å². The van der Waals surface area contributed by atoms with Gasteiger partial charge in [-0.2, -0.15) is 0 Å². The number of ether oxygens (including phenoxy) is 1. The molecule has 102 valence electrons. The van der Waals surface area contributed by atoms with Crippen molar-refractivity contribution in [3.05, 3.63) is 12.7 Å². The molecule has 0 amide bonds. The van der Waals surface area contributed by atoms with E-state index < -0.39 is 37.0 Å². The Kier molecular flexibility index (Phi) is 4.29. The number of aliphatic hydroxyl groups is 3. The molecule has 2 aromatic rings. The van der Waals surface area contributed by atoms with E-state index in [0.717, 1.165) is 6.33 Å². The van der Waals surface area contributed by atoms with E-state index in [9.17, 15) is 15.3 Å². The smallest absolute Gasteiger partial charge is 0.857 e. The Hall–Kier alpha value is -1.21.